The Bertz CT molecular complexity index is 372. The Hall–Kier alpha value is -1.16. The van der Waals surface area contributed by atoms with Crippen LogP contribution in [-0.2, 0) is 0 Å². The van der Waals surface area contributed by atoms with Crippen LogP contribution in [0.1, 0.15) is 32.4 Å². The minimum Gasteiger partial charge on any atom is -0.352 e. The van der Waals surface area contributed by atoms with E-state index in [9.17, 15) is 0 Å². The predicted molar refractivity (Wildman–Crippen MR) is 74.8 cm³/mol. The van der Waals surface area contributed by atoms with Crippen LogP contribution >= 0.6 is 0 Å². The summed E-state index contributed by atoms with van der Waals surface area (Å²) in [5.74, 6) is 1.82. The van der Waals surface area contributed by atoms with Crippen LogP contribution in [0.3, 0.4) is 0 Å². The van der Waals surface area contributed by atoms with Crippen LogP contribution < -0.4 is 10.2 Å². The molecular weight excluding hydrogens is 224 g/mol. The fourth-order valence-electron chi connectivity index (χ4n) is 2.57. The number of hydrogen-bond acceptors (Lipinski definition) is 4. The Morgan fingerprint density at radius 1 is 1.28 bits per heavy atom. The summed E-state index contributed by atoms with van der Waals surface area (Å²) < 4.78 is 0. The molecule has 0 saturated carbocycles. The lowest BCUT2D eigenvalue weighted by molar-refractivity contribution is 0.366. The van der Waals surface area contributed by atoms with Crippen LogP contribution in [0.2, 0.25) is 0 Å². The monoisotopic (exact) mass is 248 g/mol. The van der Waals surface area contributed by atoms with E-state index in [1.54, 1.807) is 12.4 Å². The molecule has 1 aromatic rings. The molecule has 1 aromatic heterocycles. The topological polar surface area (TPSA) is 41.1 Å². The molecule has 0 aliphatic carbocycles. The summed E-state index contributed by atoms with van der Waals surface area (Å²) in [5.41, 5.74) is 1.03. The summed E-state index contributed by atoms with van der Waals surface area (Å²) in [5, 5.41) is 3.42. The van der Waals surface area contributed by atoms with E-state index in [1.165, 1.54) is 12.8 Å². The van der Waals surface area contributed by atoms with Gasteiger partial charge < -0.3 is 10.2 Å². The molecule has 2 rings (SSSR count). The lowest BCUT2D eigenvalue weighted by Gasteiger charge is -2.34. The highest BCUT2D eigenvalue weighted by Gasteiger charge is 2.21. The molecule has 100 valence electrons. The van der Waals surface area contributed by atoms with Gasteiger partial charge in [-0.2, -0.15) is 0 Å². The molecule has 1 N–H and O–H groups in total. The maximum absolute atomic E-state index is 4.51. The van der Waals surface area contributed by atoms with E-state index < -0.39 is 0 Å². The van der Waals surface area contributed by atoms with Gasteiger partial charge in [-0.1, -0.05) is 0 Å². The Morgan fingerprint density at radius 2 is 1.94 bits per heavy atom. The van der Waals surface area contributed by atoms with Gasteiger partial charge in [-0.15, -0.1) is 0 Å². The first kappa shape index (κ1) is 13.3. The van der Waals surface area contributed by atoms with E-state index in [2.05, 4.69) is 34.0 Å². The van der Waals surface area contributed by atoms with Gasteiger partial charge in [0.05, 0.1) is 5.69 Å². The fraction of sp³-hybridized carbons (Fsp3) is 0.714. The summed E-state index contributed by atoms with van der Waals surface area (Å²) in [6, 6.07) is 0.468. The minimum absolute atomic E-state index is 0.468. The lowest BCUT2D eigenvalue weighted by Crippen LogP contribution is -2.40. The molecule has 0 atom stereocenters. The van der Waals surface area contributed by atoms with Crippen molar-refractivity contribution in [3.63, 3.8) is 0 Å². The van der Waals surface area contributed by atoms with E-state index in [0.717, 1.165) is 37.1 Å². The summed E-state index contributed by atoms with van der Waals surface area (Å²) in [4.78, 5) is 11.3. The van der Waals surface area contributed by atoms with Gasteiger partial charge in [0.25, 0.3) is 0 Å². The SMILES string of the molecule is Cc1nccnc1N(CC1CCNCC1)C(C)C. The normalized spacial score (nSPS) is 17.1. The minimum atomic E-state index is 0.468. The third-order valence-corrected chi connectivity index (χ3v) is 3.66. The van der Waals surface area contributed by atoms with Crippen molar-refractivity contribution in [3.05, 3.63) is 18.1 Å². The summed E-state index contributed by atoms with van der Waals surface area (Å²) >= 11 is 0. The first-order chi connectivity index (χ1) is 8.68. The van der Waals surface area contributed by atoms with Gasteiger partial charge in [0, 0.05) is 25.0 Å². The number of piperidine rings is 1. The van der Waals surface area contributed by atoms with Gasteiger partial charge in [0.15, 0.2) is 0 Å². The van der Waals surface area contributed by atoms with Crippen molar-refractivity contribution in [2.24, 2.45) is 5.92 Å². The number of aromatic nitrogens is 2. The predicted octanol–water partition coefficient (Wildman–Crippen LogP) is 2.00. The number of nitrogens with zero attached hydrogens (tertiary/aromatic N) is 3. The molecule has 4 heteroatoms. The number of nitrogens with one attached hydrogen (secondary N) is 1. The second-order valence-corrected chi connectivity index (χ2v) is 5.40. The quantitative estimate of drug-likeness (QED) is 0.885. The van der Waals surface area contributed by atoms with Gasteiger partial charge in [-0.3, -0.25) is 4.98 Å². The number of hydrogen-bond donors (Lipinski definition) is 1. The Morgan fingerprint density at radius 3 is 2.56 bits per heavy atom. The first-order valence-corrected chi connectivity index (χ1v) is 6.93. The van der Waals surface area contributed by atoms with E-state index in [0.29, 0.717) is 6.04 Å². The van der Waals surface area contributed by atoms with Crippen LogP contribution in [0.25, 0.3) is 0 Å². The largest absolute Gasteiger partial charge is 0.352 e. The van der Waals surface area contributed by atoms with Gasteiger partial charge in [0.1, 0.15) is 5.82 Å². The molecule has 0 aromatic carbocycles. The third kappa shape index (κ3) is 3.19. The highest BCUT2D eigenvalue weighted by Crippen LogP contribution is 2.21. The van der Waals surface area contributed by atoms with Gasteiger partial charge in [-0.25, -0.2) is 4.98 Å². The highest BCUT2D eigenvalue weighted by molar-refractivity contribution is 5.43. The van der Waals surface area contributed by atoms with E-state index in [4.69, 9.17) is 0 Å². The molecule has 1 aliphatic heterocycles. The summed E-state index contributed by atoms with van der Waals surface area (Å²) in [6.07, 6.45) is 6.09. The highest BCUT2D eigenvalue weighted by atomic mass is 15.2. The summed E-state index contributed by atoms with van der Waals surface area (Å²) in [6.45, 7) is 9.90. The second kappa shape index (κ2) is 6.14. The average molecular weight is 248 g/mol. The number of anilines is 1. The molecule has 0 radical (unpaired) electrons. The second-order valence-electron chi connectivity index (χ2n) is 5.40. The molecule has 0 amide bonds. The standard InChI is InChI=1S/C14H24N4/c1-11(2)18(10-13-4-6-15-7-5-13)14-12(3)16-8-9-17-14/h8-9,11,13,15H,4-7,10H2,1-3H3. The van der Waals surface area contributed by atoms with E-state index in [1.807, 2.05) is 6.92 Å². The molecule has 2 heterocycles. The average Bonchev–Trinajstić information content (AvgIpc) is 2.38. The molecule has 0 bridgehead atoms. The van der Waals surface area contributed by atoms with Crippen LogP contribution in [-0.4, -0.2) is 35.6 Å². The molecular formula is C14H24N4. The Balaban J connectivity index is 2.10. The fourth-order valence-corrected chi connectivity index (χ4v) is 2.57. The van der Waals surface area contributed by atoms with Crippen molar-refractivity contribution in [2.75, 3.05) is 24.5 Å². The maximum atomic E-state index is 4.51. The van der Waals surface area contributed by atoms with Crippen LogP contribution in [0.5, 0.6) is 0 Å². The Labute approximate surface area is 110 Å². The third-order valence-electron chi connectivity index (χ3n) is 3.66. The molecule has 1 saturated heterocycles. The van der Waals surface area contributed by atoms with Crippen LogP contribution in [0.4, 0.5) is 5.82 Å². The van der Waals surface area contributed by atoms with Gasteiger partial charge >= 0.3 is 0 Å². The zero-order valence-electron chi connectivity index (χ0n) is 11.7. The zero-order valence-corrected chi connectivity index (χ0v) is 11.7. The van der Waals surface area contributed by atoms with Gasteiger partial charge in [-0.05, 0) is 52.6 Å². The van der Waals surface area contributed by atoms with E-state index in [-0.39, 0.29) is 0 Å². The summed E-state index contributed by atoms with van der Waals surface area (Å²) in [7, 11) is 0. The number of aryl methyl sites for hydroxylation is 1. The number of rotatable bonds is 4. The first-order valence-electron chi connectivity index (χ1n) is 6.93. The molecule has 0 spiro atoms. The molecule has 1 fully saturated rings. The van der Waals surface area contributed by atoms with Crippen LogP contribution in [0.15, 0.2) is 12.4 Å². The molecule has 4 nitrogen and oxygen atoms in total. The van der Waals surface area contributed by atoms with Crippen molar-refractivity contribution >= 4 is 5.82 Å². The van der Waals surface area contributed by atoms with Crippen molar-refractivity contribution in [3.8, 4) is 0 Å². The molecule has 0 unspecified atom stereocenters. The lowest BCUT2D eigenvalue weighted by atomic mass is 9.97. The van der Waals surface area contributed by atoms with Crippen molar-refractivity contribution in [1.82, 2.24) is 15.3 Å². The molecule has 18 heavy (non-hydrogen) atoms. The van der Waals surface area contributed by atoms with Crippen molar-refractivity contribution < 1.29 is 0 Å². The van der Waals surface area contributed by atoms with Crippen molar-refractivity contribution in [1.29, 1.82) is 0 Å². The smallest absolute Gasteiger partial charge is 0.150 e. The van der Waals surface area contributed by atoms with Gasteiger partial charge in [0.2, 0.25) is 0 Å². The Kier molecular flexibility index (Phi) is 4.53. The van der Waals surface area contributed by atoms with Crippen LogP contribution in [0, 0.1) is 12.8 Å². The molecule has 1 aliphatic rings. The van der Waals surface area contributed by atoms with E-state index >= 15 is 0 Å². The van der Waals surface area contributed by atoms with Crippen molar-refractivity contribution in [2.45, 2.75) is 39.7 Å². The zero-order chi connectivity index (χ0) is 13.0. The maximum Gasteiger partial charge on any atom is 0.150 e.